The molecule has 0 unspecified atom stereocenters. The topological polar surface area (TPSA) is 44.1 Å². The Kier molecular flexibility index (Phi) is 5.91. The van der Waals surface area contributed by atoms with Crippen LogP contribution < -0.4 is 10.3 Å². The third kappa shape index (κ3) is 4.26. The number of alkyl halides is 3. The van der Waals surface area contributed by atoms with E-state index >= 15 is 0 Å². The van der Waals surface area contributed by atoms with Crippen molar-refractivity contribution in [2.45, 2.75) is 38.9 Å². The second-order valence-electron chi connectivity index (χ2n) is 6.71. The van der Waals surface area contributed by atoms with Crippen LogP contribution in [0.25, 0.3) is 22.0 Å². The van der Waals surface area contributed by atoms with Gasteiger partial charge in [0, 0.05) is 30.6 Å². The van der Waals surface area contributed by atoms with Gasteiger partial charge < -0.3 is 9.30 Å². The minimum Gasteiger partial charge on any atom is -0.496 e. The quantitative estimate of drug-likeness (QED) is 0.404. The van der Waals surface area contributed by atoms with Gasteiger partial charge in [-0.2, -0.15) is 13.2 Å². The van der Waals surface area contributed by atoms with Crippen LogP contribution in [-0.4, -0.2) is 16.7 Å². The molecule has 0 radical (unpaired) electrons. The van der Waals surface area contributed by atoms with Crippen LogP contribution in [0, 0.1) is 5.82 Å². The van der Waals surface area contributed by atoms with Crippen molar-refractivity contribution in [3.05, 3.63) is 58.4 Å². The second-order valence-corrected chi connectivity index (χ2v) is 6.71. The van der Waals surface area contributed by atoms with Gasteiger partial charge in [-0.25, -0.2) is 4.39 Å². The summed E-state index contributed by atoms with van der Waals surface area (Å²) in [7, 11) is 1.10. The Balaban J connectivity index is 2.06. The maximum absolute atomic E-state index is 14.7. The molecule has 0 saturated carbocycles. The van der Waals surface area contributed by atoms with Crippen molar-refractivity contribution >= 4 is 10.8 Å². The van der Waals surface area contributed by atoms with Crippen LogP contribution >= 0.6 is 0 Å². The first-order valence-electron chi connectivity index (χ1n) is 9.20. The Morgan fingerprint density at radius 1 is 1.17 bits per heavy atom. The minimum atomic E-state index is -4.64. The van der Waals surface area contributed by atoms with E-state index in [1.807, 2.05) is 0 Å². The zero-order valence-electron chi connectivity index (χ0n) is 16.0. The summed E-state index contributed by atoms with van der Waals surface area (Å²) in [5.41, 5.74) is -1.36. The molecule has 0 aliphatic heterocycles. The standard InChI is InChI=1S/C21H20F4N2O2/c1-3-4-5-7-27-8-6-13-9-15(17(22)10-14(13)20(27)28)18-11-19(29-2)16(12-26-18)21(23,24)25/h6,8-12H,3-5,7H2,1-2H3. The first kappa shape index (κ1) is 20.8. The summed E-state index contributed by atoms with van der Waals surface area (Å²) >= 11 is 0. The fraction of sp³-hybridized carbons (Fsp3) is 0.333. The Morgan fingerprint density at radius 3 is 2.59 bits per heavy atom. The van der Waals surface area contributed by atoms with Crippen molar-refractivity contribution < 1.29 is 22.3 Å². The van der Waals surface area contributed by atoms with E-state index in [4.69, 9.17) is 4.74 Å². The predicted octanol–water partition coefficient (Wildman–Crippen LogP) is 5.42. The second kappa shape index (κ2) is 8.23. The Labute approximate surface area is 164 Å². The summed E-state index contributed by atoms with van der Waals surface area (Å²) in [6.45, 7) is 2.61. The van der Waals surface area contributed by atoms with Crippen LogP contribution in [0.4, 0.5) is 17.6 Å². The fourth-order valence-corrected chi connectivity index (χ4v) is 3.18. The highest BCUT2D eigenvalue weighted by molar-refractivity contribution is 5.86. The van der Waals surface area contributed by atoms with E-state index < -0.39 is 23.3 Å². The summed E-state index contributed by atoms with van der Waals surface area (Å²) in [6, 6.07) is 5.25. The number of rotatable bonds is 6. The van der Waals surface area contributed by atoms with E-state index in [1.165, 1.54) is 10.6 Å². The zero-order valence-corrected chi connectivity index (χ0v) is 16.0. The molecule has 0 fully saturated rings. The summed E-state index contributed by atoms with van der Waals surface area (Å²) in [6.07, 6.45) is 0.467. The van der Waals surface area contributed by atoms with Gasteiger partial charge in [0.05, 0.1) is 18.2 Å². The molecule has 3 rings (SSSR count). The molecule has 0 amide bonds. The molecule has 1 aromatic carbocycles. The number of ether oxygens (including phenoxy) is 1. The number of hydrogen-bond donors (Lipinski definition) is 0. The lowest BCUT2D eigenvalue weighted by Crippen LogP contribution is -2.19. The summed E-state index contributed by atoms with van der Waals surface area (Å²) in [5, 5.41) is 0.697. The van der Waals surface area contributed by atoms with Crippen molar-refractivity contribution in [1.29, 1.82) is 0 Å². The molecule has 0 aliphatic carbocycles. The van der Waals surface area contributed by atoms with E-state index in [0.29, 0.717) is 18.1 Å². The average molecular weight is 408 g/mol. The van der Waals surface area contributed by atoms with Crippen molar-refractivity contribution in [1.82, 2.24) is 9.55 Å². The fourth-order valence-electron chi connectivity index (χ4n) is 3.18. The largest absolute Gasteiger partial charge is 0.496 e. The Bertz CT molecular complexity index is 1090. The van der Waals surface area contributed by atoms with E-state index in [0.717, 1.165) is 38.5 Å². The number of aryl methyl sites for hydroxylation is 1. The lowest BCUT2D eigenvalue weighted by atomic mass is 10.0. The average Bonchev–Trinajstić information content (AvgIpc) is 2.68. The maximum atomic E-state index is 14.7. The lowest BCUT2D eigenvalue weighted by Gasteiger charge is -2.13. The number of fused-ring (bicyclic) bond motifs is 1. The highest BCUT2D eigenvalue weighted by Crippen LogP contribution is 2.38. The molecule has 4 nitrogen and oxygen atoms in total. The molecule has 8 heteroatoms. The van der Waals surface area contributed by atoms with Crippen molar-refractivity contribution in [3.63, 3.8) is 0 Å². The molecule has 0 N–H and O–H groups in total. The van der Waals surface area contributed by atoms with Gasteiger partial charge in [0.1, 0.15) is 17.1 Å². The molecular weight excluding hydrogens is 388 g/mol. The highest BCUT2D eigenvalue weighted by Gasteiger charge is 2.35. The highest BCUT2D eigenvalue weighted by atomic mass is 19.4. The molecule has 0 atom stereocenters. The maximum Gasteiger partial charge on any atom is 0.421 e. The van der Waals surface area contributed by atoms with Gasteiger partial charge in [-0.05, 0) is 30.0 Å². The molecule has 0 aliphatic rings. The number of nitrogens with zero attached hydrogens (tertiary/aromatic N) is 2. The van der Waals surface area contributed by atoms with Crippen LogP contribution in [-0.2, 0) is 12.7 Å². The molecule has 3 aromatic rings. The van der Waals surface area contributed by atoms with Gasteiger partial charge in [0.2, 0.25) is 0 Å². The number of methoxy groups -OCH3 is 1. The van der Waals surface area contributed by atoms with Crippen LogP contribution in [0.2, 0.25) is 0 Å². The van der Waals surface area contributed by atoms with Gasteiger partial charge in [-0.1, -0.05) is 19.8 Å². The predicted molar refractivity (Wildman–Crippen MR) is 102 cm³/mol. The van der Waals surface area contributed by atoms with Crippen LogP contribution in [0.5, 0.6) is 5.75 Å². The molecule has 0 spiro atoms. The van der Waals surface area contributed by atoms with E-state index in [2.05, 4.69) is 11.9 Å². The molecular formula is C21H20F4N2O2. The van der Waals surface area contributed by atoms with Gasteiger partial charge in [-0.15, -0.1) is 0 Å². The lowest BCUT2D eigenvalue weighted by molar-refractivity contribution is -0.139. The third-order valence-corrected chi connectivity index (χ3v) is 4.73. The number of halogens is 4. The van der Waals surface area contributed by atoms with Gasteiger partial charge in [-0.3, -0.25) is 9.78 Å². The molecule has 29 heavy (non-hydrogen) atoms. The van der Waals surface area contributed by atoms with Crippen molar-refractivity contribution in [2.75, 3.05) is 7.11 Å². The molecule has 0 saturated heterocycles. The molecule has 154 valence electrons. The van der Waals surface area contributed by atoms with E-state index in [1.54, 1.807) is 12.3 Å². The third-order valence-electron chi connectivity index (χ3n) is 4.73. The number of unbranched alkanes of at least 4 members (excludes halogenated alkanes) is 2. The SMILES string of the molecule is CCCCCn1ccc2cc(-c3cc(OC)c(C(F)(F)F)cn3)c(F)cc2c1=O. The van der Waals surface area contributed by atoms with Gasteiger partial charge >= 0.3 is 6.18 Å². The van der Waals surface area contributed by atoms with E-state index in [9.17, 15) is 22.4 Å². The Morgan fingerprint density at radius 2 is 1.93 bits per heavy atom. The number of benzene rings is 1. The van der Waals surface area contributed by atoms with E-state index in [-0.39, 0.29) is 22.2 Å². The summed E-state index contributed by atoms with van der Waals surface area (Å²) < 4.78 is 60.1. The summed E-state index contributed by atoms with van der Waals surface area (Å²) in [5.74, 6) is -1.19. The van der Waals surface area contributed by atoms with Crippen LogP contribution in [0.1, 0.15) is 31.7 Å². The van der Waals surface area contributed by atoms with Crippen LogP contribution in [0.15, 0.2) is 41.5 Å². The van der Waals surface area contributed by atoms with Crippen molar-refractivity contribution in [2.24, 2.45) is 0 Å². The number of aromatic nitrogens is 2. The summed E-state index contributed by atoms with van der Waals surface area (Å²) in [4.78, 5) is 16.4. The van der Waals surface area contributed by atoms with Crippen LogP contribution in [0.3, 0.4) is 0 Å². The van der Waals surface area contributed by atoms with Gasteiger partial charge in [0.15, 0.2) is 0 Å². The first-order chi connectivity index (χ1) is 13.8. The molecule has 0 bridgehead atoms. The smallest absolute Gasteiger partial charge is 0.421 e. The number of pyridine rings is 2. The van der Waals surface area contributed by atoms with Crippen molar-refractivity contribution in [3.8, 4) is 17.0 Å². The zero-order chi connectivity index (χ0) is 21.2. The first-order valence-corrected chi connectivity index (χ1v) is 9.20. The monoisotopic (exact) mass is 408 g/mol. The molecule has 2 heterocycles. The number of hydrogen-bond acceptors (Lipinski definition) is 3. The minimum absolute atomic E-state index is 0.00680. The Hall–Kier alpha value is -2.90. The molecule has 2 aromatic heterocycles. The normalized spacial score (nSPS) is 11.8. The van der Waals surface area contributed by atoms with Gasteiger partial charge in [0.25, 0.3) is 5.56 Å².